The van der Waals surface area contributed by atoms with Crippen LogP contribution in [0.25, 0.3) is 0 Å². The largest absolute Gasteiger partial charge is 0.480 e. The van der Waals surface area contributed by atoms with Crippen LogP contribution in [0.15, 0.2) is 0 Å². The Morgan fingerprint density at radius 2 is 2.20 bits per heavy atom. The predicted octanol–water partition coefficient (Wildman–Crippen LogP) is 1.05. The number of carboxylic acids is 1. The summed E-state index contributed by atoms with van der Waals surface area (Å²) in [5.41, 5.74) is 0. The molecule has 1 rings (SSSR count). The van der Waals surface area contributed by atoms with Gasteiger partial charge >= 0.3 is 5.97 Å². The van der Waals surface area contributed by atoms with Gasteiger partial charge in [0.25, 0.3) is 0 Å². The molecule has 0 aliphatic carbocycles. The Bertz CT molecular complexity index is 250. The molecule has 0 aromatic carbocycles. The van der Waals surface area contributed by atoms with Crippen molar-refractivity contribution in [2.24, 2.45) is 5.92 Å². The second-order valence-corrected chi connectivity index (χ2v) is 3.98. The van der Waals surface area contributed by atoms with Gasteiger partial charge in [-0.3, -0.25) is 4.79 Å². The molecule has 1 heterocycles. The van der Waals surface area contributed by atoms with Crippen LogP contribution in [0.1, 0.15) is 19.8 Å². The molecule has 0 unspecified atom stereocenters. The lowest BCUT2D eigenvalue weighted by molar-refractivity contribution is -0.149. The highest BCUT2D eigenvalue weighted by Crippen LogP contribution is 2.20. The summed E-state index contributed by atoms with van der Waals surface area (Å²) in [5, 5.41) is 8.87. The number of carbonyl (C=O) groups excluding carboxylic acids is 1. The highest BCUT2D eigenvalue weighted by atomic mass is 35.5. The fraction of sp³-hybridized carbons (Fsp3) is 0.778. The van der Waals surface area contributed by atoms with Gasteiger partial charge in [-0.1, -0.05) is 6.92 Å². The van der Waals surface area contributed by atoms with Crippen molar-refractivity contribution in [2.45, 2.75) is 25.8 Å². The van der Waals surface area contributed by atoms with Gasteiger partial charge in [-0.05, 0) is 12.8 Å². The zero-order valence-electron chi connectivity index (χ0n) is 8.55. The number of nitrogens with zero attached hydrogens (tertiary/aromatic N) is 1. The van der Waals surface area contributed by atoms with E-state index in [1.807, 2.05) is 0 Å². The fourth-order valence-electron chi connectivity index (χ4n) is 1.65. The summed E-state index contributed by atoms with van der Waals surface area (Å²) in [6.07, 6.45) is 1.35. The van der Waals surface area contributed by atoms with Crippen LogP contribution in [0.5, 0.6) is 0 Å². The second kappa shape index (κ2) is 6.23. The molecular weight excluding hydrogens is 238 g/mol. The van der Waals surface area contributed by atoms with Crippen LogP contribution in [0, 0.1) is 5.92 Å². The van der Waals surface area contributed by atoms with Gasteiger partial charge in [0.1, 0.15) is 6.04 Å². The van der Waals surface area contributed by atoms with Crippen LogP contribution in [0.3, 0.4) is 0 Å². The standard InChI is InChI=1S/C9H15NO3S.ClH/c1-6(5-14)8(11)10-4-2-3-7(10)9(12)13;/h6-7,14H,2-5H2,1H3,(H,12,13);1H/t6-,7+;/m1./s1. The monoisotopic (exact) mass is 253 g/mol. The molecule has 0 aromatic heterocycles. The highest BCUT2D eigenvalue weighted by Gasteiger charge is 2.35. The Kier molecular flexibility index (Phi) is 6.05. The minimum absolute atomic E-state index is 0. The molecular formula is C9H16ClNO3S. The maximum atomic E-state index is 11.7. The van der Waals surface area contributed by atoms with Crippen LogP contribution >= 0.6 is 25.0 Å². The molecule has 1 N–H and O–H groups in total. The van der Waals surface area contributed by atoms with Crippen LogP contribution in [-0.4, -0.2) is 40.2 Å². The van der Waals surface area contributed by atoms with Crippen molar-refractivity contribution in [1.82, 2.24) is 4.90 Å². The van der Waals surface area contributed by atoms with Crippen LogP contribution in [0.4, 0.5) is 0 Å². The first-order valence-corrected chi connectivity index (χ1v) is 5.35. The maximum Gasteiger partial charge on any atom is 0.326 e. The maximum absolute atomic E-state index is 11.7. The molecule has 1 amide bonds. The zero-order chi connectivity index (χ0) is 10.7. The van der Waals surface area contributed by atoms with E-state index in [1.165, 1.54) is 4.90 Å². The molecule has 1 saturated heterocycles. The van der Waals surface area contributed by atoms with E-state index in [4.69, 9.17) is 5.11 Å². The van der Waals surface area contributed by atoms with Gasteiger partial charge in [0.05, 0.1) is 0 Å². The van der Waals surface area contributed by atoms with Gasteiger partial charge in [0, 0.05) is 18.2 Å². The molecule has 1 aliphatic rings. The lowest BCUT2D eigenvalue weighted by Gasteiger charge is -2.24. The molecule has 0 spiro atoms. The summed E-state index contributed by atoms with van der Waals surface area (Å²) in [6, 6.07) is -0.621. The van der Waals surface area contributed by atoms with E-state index >= 15 is 0 Å². The summed E-state index contributed by atoms with van der Waals surface area (Å²) < 4.78 is 0. The van der Waals surface area contributed by atoms with Crippen molar-refractivity contribution in [3.05, 3.63) is 0 Å². The Labute approximate surface area is 101 Å². The van der Waals surface area contributed by atoms with Crippen molar-refractivity contribution in [1.29, 1.82) is 0 Å². The lowest BCUT2D eigenvalue weighted by Crippen LogP contribution is -2.43. The minimum atomic E-state index is -0.901. The summed E-state index contributed by atoms with van der Waals surface area (Å²) in [4.78, 5) is 24.0. The lowest BCUT2D eigenvalue weighted by atomic mass is 10.1. The van der Waals surface area contributed by atoms with Crippen molar-refractivity contribution < 1.29 is 14.7 Å². The van der Waals surface area contributed by atoms with Gasteiger partial charge in [-0.15, -0.1) is 12.4 Å². The van der Waals surface area contributed by atoms with E-state index in [0.717, 1.165) is 6.42 Å². The normalized spacial score (nSPS) is 22.0. The van der Waals surface area contributed by atoms with Crippen LogP contribution in [0.2, 0.25) is 0 Å². The van der Waals surface area contributed by atoms with E-state index in [-0.39, 0.29) is 24.2 Å². The van der Waals surface area contributed by atoms with Crippen molar-refractivity contribution in [2.75, 3.05) is 12.3 Å². The number of halogens is 1. The molecule has 4 nitrogen and oxygen atoms in total. The number of thiol groups is 1. The van der Waals surface area contributed by atoms with Crippen molar-refractivity contribution in [3.63, 3.8) is 0 Å². The molecule has 0 bridgehead atoms. The first-order valence-electron chi connectivity index (χ1n) is 4.72. The number of aliphatic carboxylic acids is 1. The van der Waals surface area contributed by atoms with Gasteiger partial charge in [-0.2, -0.15) is 12.6 Å². The Morgan fingerprint density at radius 3 is 2.67 bits per heavy atom. The number of amides is 1. The molecule has 15 heavy (non-hydrogen) atoms. The smallest absolute Gasteiger partial charge is 0.326 e. The summed E-state index contributed by atoms with van der Waals surface area (Å²) in [5.74, 6) is -0.729. The molecule has 0 radical (unpaired) electrons. The first-order chi connectivity index (χ1) is 6.57. The number of carboxylic acid groups (broad SMARTS) is 1. The SMILES string of the molecule is C[C@H](CS)C(=O)N1CCC[C@H]1C(=O)O.Cl. The molecule has 6 heteroatoms. The average molecular weight is 254 g/mol. The van der Waals surface area contributed by atoms with E-state index in [1.54, 1.807) is 6.92 Å². The van der Waals surface area contributed by atoms with Crippen LogP contribution in [-0.2, 0) is 9.59 Å². The Balaban J connectivity index is 0.00000196. The summed E-state index contributed by atoms with van der Waals surface area (Å²) >= 11 is 4.03. The third-order valence-electron chi connectivity index (χ3n) is 2.52. The zero-order valence-corrected chi connectivity index (χ0v) is 10.3. The van der Waals surface area contributed by atoms with Crippen LogP contribution < -0.4 is 0 Å². The molecule has 0 aromatic rings. The van der Waals surface area contributed by atoms with E-state index in [9.17, 15) is 9.59 Å². The number of hydrogen-bond acceptors (Lipinski definition) is 3. The number of likely N-dealkylation sites (tertiary alicyclic amines) is 1. The second-order valence-electron chi connectivity index (χ2n) is 3.61. The molecule has 0 saturated carbocycles. The predicted molar refractivity (Wildman–Crippen MR) is 62.6 cm³/mol. The van der Waals surface area contributed by atoms with E-state index in [2.05, 4.69) is 12.6 Å². The Morgan fingerprint density at radius 1 is 1.60 bits per heavy atom. The average Bonchev–Trinajstić information content (AvgIpc) is 2.63. The fourth-order valence-corrected chi connectivity index (χ4v) is 1.80. The molecule has 2 atom stereocenters. The van der Waals surface area contributed by atoms with E-state index < -0.39 is 12.0 Å². The third kappa shape index (κ3) is 3.28. The minimum Gasteiger partial charge on any atom is -0.480 e. The van der Waals surface area contributed by atoms with Crippen molar-refractivity contribution in [3.8, 4) is 0 Å². The van der Waals surface area contributed by atoms with E-state index in [0.29, 0.717) is 18.7 Å². The van der Waals surface area contributed by atoms with Gasteiger partial charge < -0.3 is 10.0 Å². The van der Waals surface area contributed by atoms with Gasteiger partial charge in [0.2, 0.25) is 5.91 Å². The Hall–Kier alpha value is -0.420. The summed E-state index contributed by atoms with van der Waals surface area (Å²) in [7, 11) is 0. The van der Waals surface area contributed by atoms with Gasteiger partial charge in [-0.25, -0.2) is 4.79 Å². The molecule has 1 fully saturated rings. The number of rotatable bonds is 3. The van der Waals surface area contributed by atoms with Crippen molar-refractivity contribution >= 4 is 36.9 Å². The number of hydrogen-bond donors (Lipinski definition) is 2. The van der Waals surface area contributed by atoms with Gasteiger partial charge in [0.15, 0.2) is 0 Å². The summed E-state index contributed by atoms with van der Waals surface area (Å²) in [6.45, 7) is 2.33. The first kappa shape index (κ1) is 14.6. The molecule has 88 valence electrons. The quantitative estimate of drug-likeness (QED) is 0.740. The number of carbonyl (C=O) groups is 2. The third-order valence-corrected chi connectivity index (χ3v) is 3.06. The molecule has 1 aliphatic heterocycles. The topological polar surface area (TPSA) is 57.6 Å². The highest BCUT2D eigenvalue weighted by molar-refractivity contribution is 7.80.